The quantitative estimate of drug-likeness (QED) is 0.0811. The molecule has 0 radical (unpaired) electrons. The zero-order valence-electron chi connectivity index (χ0n) is 34.5. The molecule has 0 heterocycles. The van der Waals surface area contributed by atoms with Crippen LogP contribution in [-0.2, 0) is 22.8 Å². The molecule has 0 spiro atoms. The van der Waals surface area contributed by atoms with Gasteiger partial charge in [0.1, 0.15) is 0 Å². The molecule has 35 heteroatoms. The lowest BCUT2D eigenvalue weighted by Crippen LogP contribution is -2.52. The highest BCUT2D eigenvalue weighted by Crippen LogP contribution is 2.63. The van der Waals surface area contributed by atoms with E-state index in [4.69, 9.17) is 48.9 Å². The number of rotatable bonds is 6. The van der Waals surface area contributed by atoms with E-state index in [1.54, 1.807) is 0 Å². The van der Waals surface area contributed by atoms with Crippen LogP contribution in [0, 0.1) is 6.92 Å². The van der Waals surface area contributed by atoms with E-state index in [0.29, 0.717) is 0 Å². The van der Waals surface area contributed by atoms with Crippen LogP contribution in [-0.4, -0.2) is 97.0 Å². The molecular formula is C30H50F15O15P5. The van der Waals surface area contributed by atoms with Crippen molar-refractivity contribution in [1.82, 2.24) is 0 Å². The number of benzene rings is 3. The van der Waals surface area contributed by atoms with Crippen LogP contribution in [0.1, 0.15) is 40.2 Å². The van der Waals surface area contributed by atoms with Crippen molar-refractivity contribution in [3.8, 4) is 0 Å². The number of hydrogen-bond acceptors (Lipinski definition) is 5. The van der Waals surface area contributed by atoms with E-state index in [1.165, 1.54) is 16.3 Å². The molecule has 0 saturated heterocycles. The predicted molar refractivity (Wildman–Crippen MR) is 213 cm³/mol. The van der Waals surface area contributed by atoms with Crippen LogP contribution in [0.25, 0.3) is 10.8 Å². The maximum absolute atomic E-state index is 12.2. The minimum Gasteiger partial charge on any atom is -0.325 e. The van der Waals surface area contributed by atoms with Gasteiger partial charge in [0.25, 0.3) is 0 Å². The molecule has 0 amide bonds. The Morgan fingerprint density at radius 3 is 0.692 bits per heavy atom. The molecule has 0 atom stereocenters. The topological polar surface area (TPSA) is 288 Å². The number of fused-ring (bicyclic) bond motifs is 1. The third kappa shape index (κ3) is 36.4. The lowest BCUT2D eigenvalue weighted by Gasteiger charge is -2.30. The van der Waals surface area contributed by atoms with Crippen LogP contribution >= 0.6 is 38.0 Å². The summed E-state index contributed by atoms with van der Waals surface area (Å²) in [4.78, 5) is 77.1. The van der Waals surface area contributed by atoms with Gasteiger partial charge in [0.2, 0.25) is 0 Å². The molecule has 0 aliphatic carbocycles. The summed E-state index contributed by atoms with van der Waals surface area (Å²) in [6.45, 7) is 7.15. The molecule has 15 nitrogen and oxygen atoms in total. The molecule has 3 aromatic rings. The van der Waals surface area contributed by atoms with Gasteiger partial charge in [-0.3, -0.25) is 36.9 Å². The van der Waals surface area contributed by atoms with E-state index >= 15 is 0 Å². The van der Waals surface area contributed by atoms with Crippen molar-refractivity contribution < 1.29 is 139 Å². The maximum atomic E-state index is 12.2. The maximum Gasteiger partial charge on any atom is 0.413 e. The fourth-order valence-electron chi connectivity index (χ4n) is 2.37. The van der Waals surface area contributed by atoms with Gasteiger partial charge in [-0.25, -0.2) is 0 Å². The highest BCUT2D eigenvalue weighted by molar-refractivity contribution is 7.53. The van der Waals surface area contributed by atoms with Crippen molar-refractivity contribution in [3.63, 3.8) is 0 Å². The Morgan fingerprint density at radius 2 is 0.600 bits per heavy atom. The average Bonchev–Trinajstić information content (AvgIpc) is 3.03. The smallest absolute Gasteiger partial charge is 0.325 e. The molecule has 0 saturated carbocycles. The van der Waals surface area contributed by atoms with Crippen molar-refractivity contribution in [3.05, 3.63) is 84.4 Å². The third-order valence-electron chi connectivity index (χ3n) is 5.30. The first-order valence-corrected chi connectivity index (χ1v) is 24.8. The Kier molecular flexibility index (Phi) is 37.9. The SMILES string of the molecule is CC.CC(F)(F)C(F)(F)C(F)(F)P(=O)(O)O.CC(F)(F)C(F)(F)P(=O)(O)O.CC(F)(F)P(=O)(O)O.CP(=O)(O)O.CP(=O)(O)O.Cc1ccccc1.F.F.F.c1ccc2ccccc2c1. The molecule has 3 rings (SSSR count). The Bertz CT molecular complexity index is 1860. The minimum atomic E-state index is -6.65. The lowest BCUT2D eigenvalue weighted by atomic mass is 10.1. The summed E-state index contributed by atoms with van der Waals surface area (Å²) in [5.41, 5.74) is -14.0. The van der Waals surface area contributed by atoms with Gasteiger partial charge in [-0.05, 0) is 17.7 Å². The fraction of sp³-hybridized carbons (Fsp3) is 0.467. The Hall–Kier alpha value is -2.38. The molecule has 10 N–H and O–H groups in total. The largest absolute Gasteiger partial charge is 0.413 e. The number of alkyl halides is 12. The van der Waals surface area contributed by atoms with Crippen LogP contribution in [0.3, 0.4) is 0 Å². The zero-order valence-corrected chi connectivity index (χ0v) is 39.0. The summed E-state index contributed by atoms with van der Waals surface area (Å²) in [7, 11) is -25.2. The summed E-state index contributed by atoms with van der Waals surface area (Å²) >= 11 is 0. The van der Waals surface area contributed by atoms with E-state index in [9.17, 15) is 75.5 Å². The molecule has 0 aromatic heterocycles. The second kappa shape index (κ2) is 30.9. The van der Waals surface area contributed by atoms with E-state index in [-0.39, 0.29) is 28.0 Å². The molecule has 0 unspecified atom stereocenters. The first-order chi connectivity index (χ1) is 26.9. The molecule has 3 aromatic carbocycles. The second-order valence-corrected chi connectivity index (χ2v) is 20.1. The average molecular weight is 1090 g/mol. The first-order valence-electron chi connectivity index (χ1n) is 15.8. The highest BCUT2D eigenvalue weighted by atomic mass is 31.2. The van der Waals surface area contributed by atoms with Gasteiger partial charge in [-0.2, -0.15) is 52.7 Å². The number of aryl methyl sites for hydroxylation is 1. The van der Waals surface area contributed by atoms with E-state index in [0.717, 1.165) is 13.3 Å². The summed E-state index contributed by atoms with van der Waals surface area (Å²) in [5, 5.41) is 2.62. The van der Waals surface area contributed by atoms with Crippen LogP contribution in [0.15, 0.2) is 78.9 Å². The van der Waals surface area contributed by atoms with E-state index in [1.807, 2.05) is 32.0 Å². The van der Waals surface area contributed by atoms with Gasteiger partial charge in [-0.1, -0.05) is 98.3 Å². The Morgan fingerprint density at radius 1 is 0.400 bits per heavy atom. The number of hydrogen-bond donors (Lipinski definition) is 10. The molecule has 0 aliphatic heterocycles. The first kappa shape index (κ1) is 79.7. The van der Waals surface area contributed by atoms with Crippen LogP contribution in [0.2, 0.25) is 0 Å². The van der Waals surface area contributed by atoms with Gasteiger partial charge in [-0.15, -0.1) is 0 Å². The van der Waals surface area contributed by atoms with Crippen LogP contribution in [0.5, 0.6) is 0 Å². The fourth-order valence-corrected chi connectivity index (χ4v) is 3.44. The van der Waals surface area contributed by atoms with Crippen molar-refractivity contribution in [1.29, 1.82) is 0 Å². The van der Waals surface area contributed by atoms with Crippen molar-refractivity contribution in [2.45, 2.75) is 76.3 Å². The summed E-state index contributed by atoms with van der Waals surface area (Å²) < 4.78 is 191. The molecular weight excluding hydrogens is 1040 g/mol. The Balaban J connectivity index is -0.0000000981. The van der Waals surface area contributed by atoms with Gasteiger partial charge in [0, 0.05) is 34.1 Å². The predicted octanol–water partition coefficient (Wildman–Crippen LogP) is 10.1. The zero-order chi connectivity index (χ0) is 51.4. The van der Waals surface area contributed by atoms with Crippen molar-refractivity contribution in [2.75, 3.05) is 13.3 Å². The van der Waals surface area contributed by atoms with E-state index < -0.39 is 79.7 Å². The highest BCUT2D eigenvalue weighted by Gasteiger charge is 2.77. The van der Waals surface area contributed by atoms with E-state index in [2.05, 4.69) is 67.6 Å². The summed E-state index contributed by atoms with van der Waals surface area (Å²) in [5.74, 6) is -16.1. The minimum absolute atomic E-state index is 0. The Labute approximate surface area is 361 Å². The summed E-state index contributed by atoms with van der Waals surface area (Å²) in [6.07, 6.45) is 0. The van der Waals surface area contributed by atoms with Gasteiger partial charge >= 0.3 is 72.7 Å². The van der Waals surface area contributed by atoms with Crippen molar-refractivity contribution >= 4 is 48.8 Å². The molecule has 0 fully saturated rings. The van der Waals surface area contributed by atoms with Gasteiger partial charge in [0.05, 0.1) is 0 Å². The molecule has 0 aliphatic rings. The standard InChI is InChI=1S/C10H8.C7H8.C4H5F6O3P.C3H5F4O3P.C2H5F2O3P.C2H6.2CH5O3P.3FH/c1-2-6-10-8-4-3-7-9(10)5-1;1-7-5-3-2-4-6-7;1-2(5,6)3(7,8)4(9,10)14(11,12)13;1-2(4,5)3(6,7)11(8,9)10;1-2(3,4)8(5,6)7;1-2;2*1-5(2,3)4;;;/h1-8H;2-6H,1H3;1H3,(H2,11,12,13);1H3,(H2,8,9,10);1H3,(H2,5,6,7);1-2H3;2*1H3,(H2,2,3,4);3*1H. The van der Waals surface area contributed by atoms with Gasteiger partial charge < -0.3 is 48.9 Å². The monoisotopic (exact) mass is 1090 g/mol. The molecule has 390 valence electrons. The van der Waals surface area contributed by atoms with Crippen LogP contribution in [0.4, 0.5) is 66.8 Å². The molecule has 65 heavy (non-hydrogen) atoms. The van der Waals surface area contributed by atoms with Gasteiger partial charge in [0.15, 0.2) is 0 Å². The van der Waals surface area contributed by atoms with Crippen molar-refractivity contribution in [2.24, 2.45) is 0 Å². The lowest BCUT2D eigenvalue weighted by molar-refractivity contribution is -0.276. The summed E-state index contributed by atoms with van der Waals surface area (Å²) in [6, 6.07) is 27.0. The second-order valence-electron chi connectivity index (χ2n) is 11.6. The normalized spacial score (nSPS) is 12.1. The number of halogens is 15. The third-order valence-corrected chi connectivity index (χ3v) is 8.46. The molecule has 0 bridgehead atoms. The van der Waals surface area contributed by atoms with Crippen LogP contribution < -0.4 is 0 Å².